The van der Waals surface area contributed by atoms with Gasteiger partial charge in [0.2, 0.25) is 5.91 Å². The largest absolute Gasteiger partial charge is 0.353 e. The van der Waals surface area contributed by atoms with E-state index in [1.165, 1.54) is 31.0 Å². The van der Waals surface area contributed by atoms with Gasteiger partial charge in [0.25, 0.3) is 0 Å². The first kappa shape index (κ1) is 15.6. The number of nitrogens with one attached hydrogen (secondary N) is 1. The van der Waals surface area contributed by atoms with Crippen LogP contribution in [0.3, 0.4) is 0 Å². The van der Waals surface area contributed by atoms with Crippen LogP contribution in [0.4, 0.5) is 0 Å². The molecular weight excluding hydrogens is 312 g/mol. The number of rotatable bonds is 5. The number of carbonyl (C=O) groups is 1. The van der Waals surface area contributed by atoms with Crippen molar-refractivity contribution < 1.29 is 4.79 Å². The summed E-state index contributed by atoms with van der Waals surface area (Å²) < 4.78 is 0.956. The standard InChI is InChI=1S/C17H20N2OS2/c20-16(18-14-9-5-2-6-10-14)12-22-17-19-15(11-21-17)13-7-3-1-4-8-13/h1,3-4,7-8,11,14H,2,5-6,9-10,12H2,(H,18,20). The van der Waals surface area contributed by atoms with E-state index in [1.54, 1.807) is 11.3 Å². The van der Waals surface area contributed by atoms with Crippen LogP contribution >= 0.6 is 23.1 Å². The highest BCUT2D eigenvalue weighted by atomic mass is 32.2. The highest BCUT2D eigenvalue weighted by Crippen LogP contribution is 2.28. The Labute approximate surface area is 139 Å². The Morgan fingerprint density at radius 2 is 2.00 bits per heavy atom. The molecule has 3 rings (SSSR count). The molecule has 0 spiro atoms. The van der Waals surface area contributed by atoms with E-state index in [4.69, 9.17) is 0 Å². The second kappa shape index (κ2) is 7.79. The van der Waals surface area contributed by atoms with Gasteiger partial charge in [0, 0.05) is 17.0 Å². The summed E-state index contributed by atoms with van der Waals surface area (Å²) in [6.07, 6.45) is 6.05. The monoisotopic (exact) mass is 332 g/mol. The molecule has 5 heteroatoms. The molecule has 1 aromatic carbocycles. The Hall–Kier alpha value is -1.33. The minimum Gasteiger partial charge on any atom is -0.353 e. The number of aromatic nitrogens is 1. The lowest BCUT2D eigenvalue weighted by Crippen LogP contribution is -2.37. The van der Waals surface area contributed by atoms with Crippen LogP contribution in [-0.2, 0) is 4.79 Å². The first-order valence-corrected chi connectivity index (χ1v) is 9.61. The van der Waals surface area contributed by atoms with Gasteiger partial charge in [0.1, 0.15) is 0 Å². The molecule has 1 N–H and O–H groups in total. The molecule has 1 saturated carbocycles. The van der Waals surface area contributed by atoms with Gasteiger partial charge in [-0.25, -0.2) is 4.98 Å². The summed E-state index contributed by atoms with van der Waals surface area (Å²) in [6.45, 7) is 0. The lowest BCUT2D eigenvalue weighted by Gasteiger charge is -2.22. The second-order valence-corrected chi connectivity index (χ2v) is 7.64. The van der Waals surface area contributed by atoms with Crippen LogP contribution in [-0.4, -0.2) is 22.7 Å². The fraction of sp³-hybridized carbons (Fsp3) is 0.412. The summed E-state index contributed by atoms with van der Waals surface area (Å²) >= 11 is 3.13. The Morgan fingerprint density at radius 3 is 2.77 bits per heavy atom. The molecule has 0 saturated heterocycles. The summed E-state index contributed by atoms with van der Waals surface area (Å²) in [5.41, 5.74) is 2.11. The lowest BCUT2D eigenvalue weighted by molar-refractivity contribution is -0.119. The number of amides is 1. The molecule has 1 aliphatic rings. The number of nitrogens with zero attached hydrogens (tertiary/aromatic N) is 1. The van der Waals surface area contributed by atoms with Crippen molar-refractivity contribution in [2.24, 2.45) is 0 Å². The van der Waals surface area contributed by atoms with Crippen molar-refractivity contribution in [3.8, 4) is 11.3 Å². The molecule has 1 fully saturated rings. The Bertz CT molecular complexity index is 606. The molecule has 3 nitrogen and oxygen atoms in total. The Morgan fingerprint density at radius 1 is 1.23 bits per heavy atom. The van der Waals surface area contributed by atoms with Crippen molar-refractivity contribution in [3.63, 3.8) is 0 Å². The zero-order chi connectivity index (χ0) is 15.2. The van der Waals surface area contributed by atoms with Gasteiger partial charge in [-0.3, -0.25) is 4.79 Å². The Kier molecular flexibility index (Phi) is 5.51. The Balaban J connectivity index is 1.49. The van der Waals surface area contributed by atoms with Gasteiger partial charge in [-0.05, 0) is 12.8 Å². The maximum atomic E-state index is 12.0. The van der Waals surface area contributed by atoms with Gasteiger partial charge in [-0.15, -0.1) is 11.3 Å². The molecule has 1 amide bonds. The number of hydrogen-bond donors (Lipinski definition) is 1. The van der Waals surface area contributed by atoms with Gasteiger partial charge in [0.15, 0.2) is 4.34 Å². The van der Waals surface area contributed by atoms with E-state index < -0.39 is 0 Å². The van der Waals surface area contributed by atoms with Crippen LogP contribution in [0.2, 0.25) is 0 Å². The number of carbonyl (C=O) groups excluding carboxylic acids is 1. The molecule has 1 aromatic heterocycles. The fourth-order valence-electron chi connectivity index (χ4n) is 2.71. The van der Waals surface area contributed by atoms with Gasteiger partial charge >= 0.3 is 0 Å². The molecular formula is C17H20N2OS2. The van der Waals surface area contributed by atoms with Crippen LogP contribution < -0.4 is 5.32 Å². The molecule has 1 heterocycles. The summed E-state index contributed by atoms with van der Waals surface area (Å²) in [5.74, 6) is 0.589. The maximum Gasteiger partial charge on any atom is 0.230 e. The predicted molar refractivity (Wildman–Crippen MR) is 93.3 cm³/mol. The minimum atomic E-state index is 0.133. The minimum absolute atomic E-state index is 0.133. The number of hydrogen-bond acceptors (Lipinski definition) is 4. The SMILES string of the molecule is O=C(CSc1nc(-c2ccccc2)cs1)NC1CCCCC1. The van der Waals surface area contributed by atoms with Crippen molar-refractivity contribution in [2.45, 2.75) is 42.5 Å². The predicted octanol–water partition coefficient (Wildman–Crippen LogP) is 4.35. The van der Waals surface area contributed by atoms with Crippen molar-refractivity contribution in [2.75, 3.05) is 5.75 Å². The molecule has 22 heavy (non-hydrogen) atoms. The second-order valence-electron chi connectivity index (χ2n) is 5.56. The quantitative estimate of drug-likeness (QED) is 0.828. The normalized spacial score (nSPS) is 15.6. The van der Waals surface area contributed by atoms with Gasteiger partial charge in [-0.2, -0.15) is 0 Å². The van der Waals surface area contributed by atoms with Crippen LogP contribution in [0.5, 0.6) is 0 Å². The summed E-state index contributed by atoms with van der Waals surface area (Å²) in [5, 5.41) is 5.20. The molecule has 0 radical (unpaired) electrons. The van der Waals surface area contributed by atoms with Crippen molar-refractivity contribution in [1.82, 2.24) is 10.3 Å². The van der Waals surface area contributed by atoms with E-state index in [2.05, 4.69) is 27.8 Å². The van der Waals surface area contributed by atoms with Crippen LogP contribution in [0.25, 0.3) is 11.3 Å². The number of benzene rings is 1. The van der Waals surface area contributed by atoms with E-state index in [9.17, 15) is 4.79 Å². The van der Waals surface area contributed by atoms with Crippen molar-refractivity contribution >= 4 is 29.0 Å². The third-order valence-electron chi connectivity index (χ3n) is 3.85. The topological polar surface area (TPSA) is 42.0 Å². The van der Waals surface area contributed by atoms with Crippen LogP contribution in [0, 0.1) is 0 Å². The van der Waals surface area contributed by atoms with Crippen molar-refractivity contribution in [1.29, 1.82) is 0 Å². The smallest absolute Gasteiger partial charge is 0.230 e. The highest BCUT2D eigenvalue weighted by molar-refractivity contribution is 8.01. The van der Waals surface area contributed by atoms with Crippen molar-refractivity contribution in [3.05, 3.63) is 35.7 Å². The fourth-order valence-corrected chi connectivity index (χ4v) is 4.35. The van der Waals surface area contributed by atoms with Gasteiger partial charge < -0.3 is 5.32 Å². The van der Waals surface area contributed by atoms with Gasteiger partial charge in [0.05, 0.1) is 11.4 Å². The summed E-state index contributed by atoms with van der Waals surface area (Å²) in [4.78, 5) is 16.6. The molecule has 0 unspecified atom stereocenters. The molecule has 1 aliphatic carbocycles. The van der Waals surface area contributed by atoms with Crippen LogP contribution in [0.1, 0.15) is 32.1 Å². The molecule has 0 bridgehead atoms. The first-order chi connectivity index (χ1) is 10.8. The van der Waals surface area contributed by atoms with E-state index >= 15 is 0 Å². The van der Waals surface area contributed by atoms with Gasteiger partial charge in [-0.1, -0.05) is 61.4 Å². The lowest BCUT2D eigenvalue weighted by atomic mass is 9.95. The third kappa shape index (κ3) is 4.34. The molecule has 0 aliphatic heterocycles. The number of thioether (sulfide) groups is 1. The molecule has 2 aromatic rings. The average molecular weight is 332 g/mol. The zero-order valence-electron chi connectivity index (χ0n) is 12.5. The zero-order valence-corrected chi connectivity index (χ0v) is 14.1. The third-order valence-corrected chi connectivity index (χ3v) is 5.87. The van der Waals surface area contributed by atoms with E-state index in [0.717, 1.165) is 28.4 Å². The molecule has 0 atom stereocenters. The average Bonchev–Trinajstić information content (AvgIpc) is 3.04. The number of thiazole rings is 1. The van der Waals surface area contributed by atoms with E-state index in [1.807, 2.05) is 18.2 Å². The first-order valence-electron chi connectivity index (χ1n) is 7.74. The highest BCUT2D eigenvalue weighted by Gasteiger charge is 2.16. The maximum absolute atomic E-state index is 12.0. The van der Waals surface area contributed by atoms with E-state index in [-0.39, 0.29) is 5.91 Å². The van der Waals surface area contributed by atoms with Crippen LogP contribution in [0.15, 0.2) is 40.1 Å². The van der Waals surface area contributed by atoms with E-state index in [0.29, 0.717) is 11.8 Å². The molecule has 116 valence electrons. The summed E-state index contributed by atoms with van der Waals surface area (Å²) in [7, 11) is 0. The summed E-state index contributed by atoms with van der Waals surface area (Å²) in [6, 6.07) is 10.5.